The van der Waals surface area contributed by atoms with E-state index in [0.29, 0.717) is 16.2 Å². The lowest BCUT2D eigenvalue weighted by molar-refractivity contribution is -0.885. The topological polar surface area (TPSA) is 85.9 Å². The number of nitro benzene ring substituents is 1. The zero-order valence-electron chi connectivity index (χ0n) is 14.2. The summed E-state index contributed by atoms with van der Waals surface area (Å²) >= 11 is 0. The van der Waals surface area contributed by atoms with Crippen LogP contribution in [0, 0.1) is 10.1 Å². The molecule has 1 atom stereocenters. The lowest BCUT2D eigenvalue weighted by Crippen LogP contribution is -3.08. The minimum atomic E-state index is -4.78. The van der Waals surface area contributed by atoms with Crippen molar-refractivity contribution in [2.45, 2.75) is 12.9 Å². The maximum absolute atomic E-state index is 12.1. The van der Waals surface area contributed by atoms with Gasteiger partial charge in [-0.2, -0.15) is 0 Å². The van der Waals surface area contributed by atoms with Crippen molar-refractivity contribution >= 4 is 17.3 Å². The Morgan fingerprint density at radius 2 is 1.81 bits per heavy atom. The van der Waals surface area contributed by atoms with Gasteiger partial charge in [0.25, 0.3) is 11.6 Å². The van der Waals surface area contributed by atoms with Gasteiger partial charge in [-0.3, -0.25) is 14.9 Å². The molecule has 2 aromatic rings. The van der Waals surface area contributed by atoms with Gasteiger partial charge in [0.2, 0.25) is 0 Å². The summed E-state index contributed by atoms with van der Waals surface area (Å²) in [5.74, 6) is -0.768. The number of hydrogen-bond donors (Lipinski definition) is 2. The van der Waals surface area contributed by atoms with Crippen LogP contribution in [0.15, 0.2) is 48.5 Å². The van der Waals surface area contributed by atoms with Crippen molar-refractivity contribution in [1.82, 2.24) is 0 Å². The summed E-state index contributed by atoms with van der Waals surface area (Å²) in [6.45, 7) is 0.287. The highest BCUT2D eigenvalue weighted by atomic mass is 19.4. The average Bonchev–Trinajstić information content (AvgIpc) is 2.55. The van der Waals surface area contributed by atoms with Gasteiger partial charge >= 0.3 is 6.36 Å². The molecule has 0 radical (unpaired) electrons. The van der Waals surface area contributed by atoms with Crippen LogP contribution in [-0.2, 0) is 11.3 Å². The van der Waals surface area contributed by atoms with Crippen LogP contribution in [0.1, 0.15) is 5.56 Å². The van der Waals surface area contributed by atoms with Crippen LogP contribution >= 0.6 is 0 Å². The van der Waals surface area contributed by atoms with Crippen molar-refractivity contribution < 1.29 is 32.5 Å². The highest BCUT2D eigenvalue weighted by Crippen LogP contribution is 2.23. The molecular weight excluding hydrogens is 367 g/mol. The van der Waals surface area contributed by atoms with Gasteiger partial charge in [-0.1, -0.05) is 12.1 Å². The molecule has 0 heterocycles. The molecule has 2 aromatic carbocycles. The number of likely N-dealkylation sites (N-methyl/N-ethyl adjacent to an activating group) is 1. The Labute approximate surface area is 152 Å². The summed E-state index contributed by atoms with van der Waals surface area (Å²) in [5.41, 5.74) is 0.798. The largest absolute Gasteiger partial charge is 0.573 e. The van der Waals surface area contributed by atoms with E-state index in [1.807, 2.05) is 0 Å². The minimum absolute atomic E-state index is 0.0162. The standard InChI is InChI=1S/C17H16F3N3O4/c1-22(10-12-4-2-3-5-15(12)23(25)26)11-16(24)21-13-6-8-14(9-7-13)27-17(18,19)20/h2-9H,10-11H2,1H3,(H,21,24)/p+1. The number of nitrogens with zero attached hydrogens (tertiary/aromatic N) is 1. The number of quaternary nitrogens is 1. The Balaban J connectivity index is 1.91. The van der Waals surface area contributed by atoms with E-state index >= 15 is 0 Å². The van der Waals surface area contributed by atoms with Gasteiger partial charge in [-0.15, -0.1) is 13.2 Å². The number of alkyl halides is 3. The van der Waals surface area contributed by atoms with Gasteiger partial charge in [0.1, 0.15) is 12.3 Å². The number of nitro groups is 1. The zero-order valence-corrected chi connectivity index (χ0v) is 14.2. The van der Waals surface area contributed by atoms with Gasteiger partial charge in [-0.25, -0.2) is 0 Å². The van der Waals surface area contributed by atoms with Gasteiger partial charge in [0, 0.05) is 11.8 Å². The summed E-state index contributed by atoms with van der Waals surface area (Å²) in [4.78, 5) is 23.3. The number of hydrogen-bond acceptors (Lipinski definition) is 4. The molecule has 0 bridgehead atoms. The molecule has 27 heavy (non-hydrogen) atoms. The van der Waals surface area contributed by atoms with E-state index in [-0.39, 0.29) is 30.4 Å². The summed E-state index contributed by atoms with van der Waals surface area (Å²) in [7, 11) is 1.70. The molecule has 0 saturated carbocycles. The van der Waals surface area contributed by atoms with E-state index in [1.165, 1.54) is 18.2 Å². The number of halogens is 3. The van der Waals surface area contributed by atoms with Crippen LogP contribution < -0.4 is 15.0 Å². The number of rotatable bonds is 7. The maximum atomic E-state index is 12.1. The highest BCUT2D eigenvalue weighted by molar-refractivity contribution is 5.91. The molecule has 0 aliphatic carbocycles. The van der Waals surface area contributed by atoms with Crippen LogP contribution in [0.25, 0.3) is 0 Å². The Morgan fingerprint density at radius 3 is 2.41 bits per heavy atom. The first-order valence-corrected chi connectivity index (χ1v) is 7.83. The fourth-order valence-electron chi connectivity index (χ4n) is 2.45. The Morgan fingerprint density at radius 1 is 1.19 bits per heavy atom. The van der Waals surface area contributed by atoms with Crippen molar-refractivity contribution in [3.05, 3.63) is 64.2 Å². The number of para-hydroxylation sites is 1. The number of anilines is 1. The first-order chi connectivity index (χ1) is 12.6. The Bertz CT molecular complexity index is 810. The van der Waals surface area contributed by atoms with E-state index in [4.69, 9.17) is 0 Å². The molecule has 0 aliphatic heterocycles. The van der Waals surface area contributed by atoms with E-state index < -0.39 is 11.3 Å². The monoisotopic (exact) mass is 384 g/mol. The molecule has 2 N–H and O–H groups in total. The summed E-state index contributed by atoms with van der Waals surface area (Å²) in [5, 5.41) is 13.6. The summed E-state index contributed by atoms with van der Waals surface area (Å²) in [6, 6.07) is 11.0. The predicted molar refractivity (Wildman–Crippen MR) is 90.3 cm³/mol. The number of nitrogens with one attached hydrogen (secondary N) is 2. The van der Waals surface area contributed by atoms with Gasteiger partial charge < -0.3 is 15.0 Å². The highest BCUT2D eigenvalue weighted by Gasteiger charge is 2.31. The second kappa shape index (κ2) is 8.49. The Kier molecular flexibility index (Phi) is 6.35. The van der Waals surface area contributed by atoms with Gasteiger partial charge in [0.15, 0.2) is 6.54 Å². The Hall–Kier alpha value is -3.14. The molecule has 2 rings (SSSR count). The van der Waals surface area contributed by atoms with E-state index in [9.17, 15) is 28.1 Å². The smallest absolute Gasteiger partial charge is 0.406 e. The quantitative estimate of drug-likeness (QED) is 0.566. The van der Waals surface area contributed by atoms with Crippen molar-refractivity contribution in [2.24, 2.45) is 0 Å². The van der Waals surface area contributed by atoms with Crippen LogP contribution in [0.2, 0.25) is 0 Å². The normalized spacial score (nSPS) is 12.3. The third kappa shape index (κ3) is 6.59. The lowest BCUT2D eigenvalue weighted by Gasteiger charge is -2.14. The SMILES string of the molecule is C[NH+](CC(=O)Nc1ccc(OC(F)(F)F)cc1)Cc1ccccc1[N+](=O)[O-]. The van der Waals surface area contributed by atoms with Gasteiger partial charge in [0.05, 0.1) is 17.5 Å². The molecule has 0 spiro atoms. The van der Waals surface area contributed by atoms with Crippen molar-refractivity contribution in [3.63, 3.8) is 0 Å². The molecule has 7 nitrogen and oxygen atoms in total. The molecule has 1 amide bonds. The van der Waals surface area contributed by atoms with Crippen LogP contribution in [0.3, 0.4) is 0 Å². The summed E-state index contributed by atoms with van der Waals surface area (Å²) < 4.78 is 40.1. The fraction of sp³-hybridized carbons (Fsp3) is 0.235. The molecule has 10 heteroatoms. The van der Waals surface area contributed by atoms with E-state index in [0.717, 1.165) is 12.1 Å². The molecular formula is C17H17F3N3O4+. The van der Waals surface area contributed by atoms with E-state index in [1.54, 1.807) is 25.2 Å². The molecule has 0 aromatic heterocycles. The third-order valence-electron chi connectivity index (χ3n) is 3.51. The maximum Gasteiger partial charge on any atom is 0.573 e. The minimum Gasteiger partial charge on any atom is -0.406 e. The second-order valence-corrected chi connectivity index (χ2v) is 5.82. The van der Waals surface area contributed by atoms with Crippen LogP contribution in [-0.4, -0.2) is 30.8 Å². The van der Waals surface area contributed by atoms with E-state index in [2.05, 4.69) is 10.1 Å². The van der Waals surface area contributed by atoms with Gasteiger partial charge in [-0.05, 0) is 30.3 Å². The summed E-state index contributed by atoms with van der Waals surface area (Å²) in [6.07, 6.45) is -4.78. The van der Waals surface area contributed by atoms with Crippen LogP contribution in [0.5, 0.6) is 5.75 Å². The number of ether oxygens (including phenoxy) is 1. The molecule has 0 fully saturated rings. The fourth-order valence-corrected chi connectivity index (χ4v) is 2.45. The molecule has 0 aliphatic rings. The average molecular weight is 384 g/mol. The molecule has 144 valence electrons. The molecule has 1 unspecified atom stereocenters. The lowest BCUT2D eigenvalue weighted by atomic mass is 10.1. The predicted octanol–water partition coefficient (Wildman–Crippen LogP) is 2.15. The molecule has 0 saturated heterocycles. The number of benzene rings is 2. The second-order valence-electron chi connectivity index (χ2n) is 5.82. The number of carbonyl (C=O) groups excluding carboxylic acids is 1. The first-order valence-electron chi connectivity index (χ1n) is 7.83. The van der Waals surface area contributed by atoms with Crippen molar-refractivity contribution in [2.75, 3.05) is 18.9 Å². The van der Waals surface area contributed by atoms with Crippen LogP contribution in [0.4, 0.5) is 24.5 Å². The number of amides is 1. The third-order valence-corrected chi connectivity index (χ3v) is 3.51. The number of carbonyl (C=O) groups is 1. The first kappa shape index (κ1) is 20.2. The van der Waals surface area contributed by atoms with Crippen molar-refractivity contribution in [3.8, 4) is 5.75 Å². The zero-order chi connectivity index (χ0) is 20.0. The van der Waals surface area contributed by atoms with Crippen molar-refractivity contribution in [1.29, 1.82) is 0 Å².